The fourth-order valence-corrected chi connectivity index (χ4v) is 19.4. The molecule has 4 aliphatic heterocycles. The van der Waals surface area contributed by atoms with Gasteiger partial charge in [0.05, 0.1) is 22.7 Å². The molecule has 0 fully saturated rings. The van der Waals surface area contributed by atoms with E-state index in [1.54, 1.807) is 0 Å². The summed E-state index contributed by atoms with van der Waals surface area (Å²) in [5.74, 6) is 0. The molecule has 21 rings (SSSR count). The van der Waals surface area contributed by atoms with Gasteiger partial charge in [-0.05, 0) is 186 Å². The molecule has 0 radical (unpaired) electrons. The summed E-state index contributed by atoms with van der Waals surface area (Å²) in [5, 5.41) is 0. The third kappa shape index (κ3) is 11.7. The van der Waals surface area contributed by atoms with Crippen LogP contribution in [0.3, 0.4) is 0 Å². The Morgan fingerprint density at radius 2 is 0.596 bits per heavy atom. The van der Waals surface area contributed by atoms with Crippen molar-refractivity contribution in [3.63, 3.8) is 0 Å². The summed E-state index contributed by atoms with van der Waals surface area (Å²) in [6.45, 7) is 6.54. The molecule has 0 unspecified atom stereocenters. The molecular formula is C106H77B2N5S. The Balaban J connectivity index is 0.847. The van der Waals surface area contributed by atoms with Crippen molar-refractivity contribution in [2.24, 2.45) is 0 Å². The van der Waals surface area contributed by atoms with Crippen molar-refractivity contribution < 1.29 is 0 Å². The summed E-state index contributed by atoms with van der Waals surface area (Å²) in [5.41, 5.74) is 36.8. The topological polar surface area (TPSA) is 16.2 Å². The molecule has 0 bridgehead atoms. The Morgan fingerprint density at radius 3 is 1.08 bits per heavy atom. The molecule has 17 aromatic carbocycles. The van der Waals surface area contributed by atoms with E-state index in [1.807, 2.05) is 11.8 Å². The fourth-order valence-electron chi connectivity index (χ4n) is 18.2. The molecular weight excluding hydrogens is 1400 g/mol. The summed E-state index contributed by atoms with van der Waals surface area (Å²) in [7, 11) is 0. The maximum Gasteiger partial charge on any atom is 0.252 e. The van der Waals surface area contributed by atoms with E-state index in [9.17, 15) is 0 Å². The molecule has 0 N–H and O–H groups in total. The Kier molecular flexibility index (Phi) is 16.9. The zero-order chi connectivity index (χ0) is 76.0. The summed E-state index contributed by atoms with van der Waals surface area (Å²) in [6, 6.07) is 154. The Bertz CT molecular complexity index is 6500. The first-order valence-corrected chi connectivity index (χ1v) is 40.3. The maximum atomic E-state index is 2.67. The van der Waals surface area contributed by atoms with Crippen molar-refractivity contribution in [2.75, 3.05) is 24.5 Å². The zero-order valence-electron chi connectivity index (χ0n) is 63.6. The number of fused-ring (bicyclic) bond motifs is 8. The molecule has 0 spiro atoms. The van der Waals surface area contributed by atoms with E-state index in [1.165, 1.54) is 59.3 Å². The predicted molar refractivity (Wildman–Crippen MR) is 486 cm³/mol. The number of para-hydroxylation sites is 7. The fraction of sp³-hybridized carbons (Fsp3) is 0.0377. The molecule has 4 heterocycles. The molecule has 0 saturated carbocycles. The molecule has 0 saturated heterocycles. The van der Waals surface area contributed by atoms with E-state index in [-0.39, 0.29) is 18.8 Å². The molecule has 4 aliphatic rings. The first kappa shape index (κ1) is 68.3. The highest BCUT2D eigenvalue weighted by molar-refractivity contribution is 8.00. The molecule has 0 aromatic heterocycles. The molecule has 8 heteroatoms. The number of benzene rings is 17. The van der Waals surface area contributed by atoms with Gasteiger partial charge in [-0.15, -0.1) is 0 Å². The van der Waals surface area contributed by atoms with Gasteiger partial charge in [0.25, 0.3) is 6.71 Å². The minimum Gasteiger partial charge on any atom is -0.311 e. The number of hydrogen-bond donors (Lipinski definition) is 0. The Labute approximate surface area is 672 Å². The van der Waals surface area contributed by atoms with Crippen LogP contribution in [-0.2, 0) is 5.41 Å². The van der Waals surface area contributed by atoms with Crippen molar-refractivity contribution >= 4 is 143 Å². The highest BCUT2D eigenvalue weighted by Crippen LogP contribution is 2.54. The minimum atomic E-state index is -0.218. The van der Waals surface area contributed by atoms with E-state index in [2.05, 4.69) is 458 Å². The van der Waals surface area contributed by atoms with Gasteiger partial charge >= 0.3 is 0 Å². The molecule has 5 nitrogen and oxygen atoms in total. The maximum absolute atomic E-state index is 2.67. The predicted octanol–water partition coefficient (Wildman–Crippen LogP) is 25.1. The lowest BCUT2D eigenvalue weighted by Crippen LogP contribution is -2.64. The highest BCUT2D eigenvalue weighted by atomic mass is 32.2. The van der Waals surface area contributed by atoms with E-state index >= 15 is 0 Å². The molecule has 114 heavy (non-hydrogen) atoms. The molecule has 17 aromatic rings. The van der Waals surface area contributed by atoms with E-state index in [4.69, 9.17) is 0 Å². The highest BCUT2D eigenvalue weighted by Gasteiger charge is 2.48. The number of nitrogens with zero attached hydrogens (tertiary/aromatic N) is 5. The molecule has 538 valence electrons. The third-order valence-electron chi connectivity index (χ3n) is 23.4. The van der Waals surface area contributed by atoms with Gasteiger partial charge < -0.3 is 24.5 Å². The van der Waals surface area contributed by atoms with Crippen molar-refractivity contribution in [3.05, 3.63) is 418 Å². The summed E-state index contributed by atoms with van der Waals surface area (Å²) in [6.07, 6.45) is 0. The van der Waals surface area contributed by atoms with Crippen molar-refractivity contribution in [1.29, 1.82) is 0 Å². The van der Waals surface area contributed by atoms with E-state index < -0.39 is 0 Å². The lowest BCUT2D eigenvalue weighted by molar-refractivity contribution is 0.590. The zero-order valence-corrected chi connectivity index (χ0v) is 64.4. The van der Waals surface area contributed by atoms with Gasteiger partial charge in [-0.25, -0.2) is 0 Å². The van der Waals surface area contributed by atoms with Gasteiger partial charge in [0.15, 0.2) is 0 Å². The second-order valence-electron chi connectivity index (χ2n) is 31.1. The SMILES string of the molecule is CC(C)(C)c1ccc(-c2ccccc2N2c3cc4c(cc3B3c5ccccc5N(c5ccccc5)c5cc(N(c6ccc(-c7ccccc7)cc6)c6ccccc6-c6ccccc6)cc2c53)B2c3ccccc3N(c3ccccc3)c3cc(N(c5ccc(-c6ccccc6)cc5)c5ccccc5-c5ccccc5)cc(c32)S4)cc1. The average Bonchev–Trinajstić information content (AvgIpc) is 0.686. The summed E-state index contributed by atoms with van der Waals surface area (Å²) >= 11 is 1.91. The lowest BCUT2D eigenvalue weighted by Gasteiger charge is -2.46. The van der Waals surface area contributed by atoms with Crippen molar-refractivity contribution in [3.8, 4) is 55.6 Å². The van der Waals surface area contributed by atoms with Gasteiger partial charge in [0, 0.05) is 89.0 Å². The smallest absolute Gasteiger partial charge is 0.252 e. The van der Waals surface area contributed by atoms with E-state index in [0.717, 1.165) is 130 Å². The van der Waals surface area contributed by atoms with Crippen LogP contribution in [0.4, 0.5) is 85.3 Å². The average molecular weight is 1470 g/mol. The third-order valence-corrected chi connectivity index (χ3v) is 24.6. The van der Waals surface area contributed by atoms with Crippen molar-refractivity contribution in [1.82, 2.24) is 0 Å². The van der Waals surface area contributed by atoms with Crippen LogP contribution in [0.25, 0.3) is 55.6 Å². The summed E-state index contributed by atoms with van der Waals surface area (Å²) < 4.78 is 0. The standard InChI is InChI=1S/C106H77B2N5S/c1-106(2,3)79-60-54-78(55-61-79)88-46-24-29-51-95(88)113-98-71-102-92(108-90-48-26-31-53-97(90)112(81-42-20-9-21-43-81)101-68-85(69-103(114-102)105(101)108)110(83-64-58-75(59-65-83)73-34-12-5-13-35-73)94-50-28-23-45-87(94)77-38-16-7-17-39-77)70-91(98)107-89-47-25-30-52-96(89)111(80-40-18-8-19-41-80)99-66-84(67-100(113)104(99)107)109(82-62-56-74(57-63-82)72-32-10-4-11-33-72)93-49-27-22-44-86(93)76-36-14-6-15-37-76/h4-71H,1-3H3. The van der Waals surface area contributed by atoms with Crippen molar-refractivity contribution in [2.45, 2.75) is 36.0 Å². The van der Waals surface area contributed by atoms with Crippen LogP contribution in [0, 0.1) is 0 Å². The largest absolute Gasteiger partial charge is 0.311 e. The summed E-state index contributed by atoms with van der Waals surface area (Å²) in [4.78, 5) is 15.2. The van der Waals surface area contributed by atoms with Crippen LogP contribution < -0.4 is 57.3 Å². The van der Waals surface area contributed by atoms with Crippen LogP contribution in [-0.4, -0.2) is 13.4 Å². The Hall–Kier alpha value is -13.8. The quantitative estimate of drug-likeness (QED) is 0.100. The van der Waals surface area contributed by atoms with E-state index in [0.29, 0.717) is 0 Å². The lowest BCUT2D eigenvalue weighted by atomic mass is 9.31. The van der Waals surface area contributed by atoms with Gasteiger partial charge in [-0.1, -0.05) is 341 Å². The molecule has 0 aliphatic carbocycles. The van der Waals surface area contributed by atoms with Crippen LogP contribution in [0.15, 0.2) is 422 Å². The van der Waals surface area contributed by atoms with Crippen LogP contribution in [0.2, 0.25) is 0 Å². The second kappa shape index (κ2) is 28.2. The normalized spacial score (nSPS) is 12.7. The Morgan fingerprint density at radius 1 is 0.237 bits per heavy atom. The number of hydrogen-bond acceptors (Lipinski definition) is 6. The van der Waals surface area contributed by atoms with Gasteiger partial charge in [-0.3, -0.25) is 0 Å². The van der Waals surface area contributed by atoms with Crippen LogP contribution in [0.1, 0.15) is 26.3 Å². The number of rotatable bonds is 14. The first-order valence-electron chi connectivity index (χ1n) is 39.5. The monoisotopic (exact) mass is 1470 g/mol. The van der Waals surface area contributed by atoms with Gasteiger partial charge in [0.1, 0.15) is 0 Å². The molecule has 0 amide bonds. The second-order valence-corrected chi connectivity index (χ2v) is 32.2. The minimum absolute atomic E-state index is 0.0408. The van der Waals surface area contributed by atoms with Crippen LogP contribution >= 0.6 is 11.8 Å². The van der Waals surface area contributed by atoms with Crippen LogP contribution in [0.5, 0.6) is 0 Å². The van der Waals surface area contributed by atoms with Gasteiger partial charge in [0.2, 0.25) is 6.71 Å². The molecule has 0 atom stereocenters. The number of anilines is 15. The van der Waals surface area contributed by atoms with Gasteiger partial charge in [-0.2, -0.15) is 0 Å². The first-order chi connectivity index (χ1) is 56.2.